The van der Waals surface area contributed by atoms with Gasteiger partial charge >= 0.3 is 0 Å². The van der Waals surface area contributed by atoms with E-state index in [9.17, 15) is 4.79 Å². The van der Waals surface area contributed by atoms with Crippen LogP contribution in [0.4, 0.5) is 0 Å². The zero-order valence-corrected chi connectivity index (χ0v) is 15.3. The van der Waals surface area contributed by atoms with Gasteiger partial charge in [-0.1, -0.05) is 54.6 Å². The first-order valence-corrected chi connectivity index (χ1v) is 9.13. The van der Waals surface area contributed by atoms with Crippen LogP contribution in [-0.2, 0) is 17.8 Å². The zero-order chi connectivity index (χ0) is 19.2. The minimum Gasteiger partial charge on any atom is -0.441 e. The number of oxazole rings is 1. The molecule has 4 aromatic rings. The first-order chi connectivity index (χ1) is 13.8. The number of hydrogen-bond acceptors (Lipinski definition) is 4. The molecule has 0 aliphatic rings. The average Bonchev–Trinajstić information content (AvgIpc) is 3.44. The third-order valence-electron chi connectivity index (χ3n) is 4.43. The van der Waals surface area contributed by atoms with Crippen molar-refractivity contribution in [2.24, 2.45) is 0 Å². The van der Waals surface area contributed by atoms with Crippen molar-refractivity contribution in [2.45, 2.75) is 19.4 Å². The van der Waals surface area contributed by atoms with Gasteiger partial charge in [0.15, 0.2) is 11.7 Å². The normalized spacial score (nSPS) is 10.7. The van der Waals surface area contributed by atoms with Gasteiger partial charge in [-0.25, -0.2) is 4.98 Å². The van der Waals surface area contributed by atoms with E-state index in [0.717, 1.165) is 22.4 Å². The van der Waals surface area contributed by atoms with Gasteiger partial charge in [-0.2, -0.15) is 5.10 Å². The molecule has 0 saturated heterocycles. The molecule has 0 atom stereocenters. The number of carbonyl (C=O) groups excluding carboxylic acids is 1. The number of rotatable bonds is 7. The van der Waals surface area contributed by atoms with Gasteiger partial charge < -0.3 is 9.73 Å². The largest absolute Gasteiger partial charge is 0.441 e. The van der Waals surface area contributed by atoms with Crippen molar-refractivity contribution < 1.29 is 9.21 Å². The molecule has 0 bridgehead atoms. The molecule has 2 aromatic carbocycles. The van der Waals surface area contributed by atoms with Crippen LogP contribution in [0.3, 0.4) is 0 Å². The number of amides is 1. The number of hydrogen-bond donors (Lipinski definition) is 2. The van der Waals surface area contributed by atoms with Gasteiger partial charge in [0.2, 0.25) is 5.91 Å². The van der Waals surface area contributed by atoms with Crippen molar-refractivity contribution >= 4 is 5.91 Å². The second-order valence-corrected chi connectivity index (χ2v) is 6.43. The SMILES string of the molecule is O=C(CCc1ncc(-c2ccccc2)o1)NCc1ccc(-c2ccn[nH]2)cc1. The molecule has 0 unspecified atom stereocenters. The van der Waals surface area contributed by atoms with Crippen molar-refractivity contribution in [1.82, 2.24) is 20.5 Å². The topological polar surface area (TPSA) is 83.8 Å². The molecule has 2 heterocycles. The smallest absolute Gasteiger partial charge is 0.220 e. The fourth-order valence-electron chi connectivity index (χ4n) is 2.89. The number of nitrogens with zero attached hydrogens (tertiary/aromatic N) is 2. The van der Waals surface area contributed by atoms with Crippen molar-refractivity contribution in [3.05, 3.63) is 84.5 Å². The second kappa shape index (κ2) is 8.35. The molecule has 0 spiro atoms. The summed E-state index contributed by atoms with van der Waals surface area (Å²) in [6.45, 7) is 0.489. The van der Waals surface area contributed by atoms with E-state index in [-0.39, 0.29) is 5.91 Å². The number of aromatic amines is 1. The number of aromatic nitrogens is 3. The summed E-state index contributed by atoms with van der Waals surface area (Å²) in [6.07, 6.45) is 4.22. The van der Waals surface area contributed by atoms with Crippen LogP contribution in [0.1, 0.15) is 17.9 Å². The number of nitrogens with one attached hydrogen (secondary N) is 2. The fraction of sp³-hybridized carbons (Fsp3) is 0.136. The molecule has 0 aliphatic heterocycles. The van der Waals surface area contributed by atoms with E-state index >= 15 is 0 Å². The zero-order valence-electron chi connectivity index (χ0n) is 15.3. The Hall–Kier alpha value is -3.67. The number of carbonyl (C=O) groups is 1. The summed E-state index contributed by atoms with van der Waals surface area (Å²) in [6, 6.07) is 19.7. The summed E-state index contributed by atoms with van der Waals surface area (Å²) in [4.78, 5) is 16.4. The van der Waals surface area contributed by atoms with Crippen LogP contribution in [0, 0.1) is 0 Å². The Labute approximate surface area is 162 Å². The molecule has 140 valence electrons. The quantitative estimate of drug-likeness (QED) is 0.514. The number of H-pyrrole nitrogens is 1. The van der Waals surface area contributed by atoms with Gasteiger partial charge in [-0.15, -0.1) is 0 Å². The van der Waals surface area contributed by atoms with E-state index in [1.807, 2.05) is 60.7 Å². The molecule has 2 N–H and O–H groups in total. The van der Waals surface area contributed by atoms with Crippen LogP contribution in [0.15, 0.2) is 77.5 Å². The molecule has 0 saturated carbocycles. The fourth-order valence-corrected chi connectivity index (χ4v) is 2.89. The molecule has 2 aromatic heterocycles. The Morgan fingerprint density at radius 1 is 1.00 bits per heavy atom. The van der Waals surface area contributed by atoms with Gasteiger partial charge in [0, 0.05) is 31.1 Å². The van der Waals surface area contributed by atoms with E-state index in [1.165, 1.54) is 0 Å². The summed E-state index contributed by atoms with van der Waals surface area (Å²) in [5.74, 6) is 1.25. The monoisotopic (exact) mass is 372 g/mol. The maximum absolute atomic E-state index is 12.1. The first kappa shape index (κ1) is 17.7. The molecule has 0 aliphatic carbocycles. The van der Waals surface area contributed by atoms with Crippen molar-refractivity contribution in [1.29, 1.82) is 0 Å². The lowest BCUT2D eigenvalue weighted by Crippen LogP contribution is -2.23. The highest BCUT2D eigenvalue weighted by molar-refractivity contribution is 5.76. The van der Waals surface area contributed by atoms with Gasteiger partial charge in [0.25, 0.3) is 0 Å². The highest BCUT2D eigenvalue weighted by atomic mass is 16.4. The lowest BCUT2D eigenvalue weighted by Gasteiger charge is -2.05. The maximum atomic E-state index is 12.1. The lowest BCUT2D eigenvalue weighted by atomic mass is 10.1. The number of aryl methyl sites for hydroxylation is 1. The Kier molecular flexibility index (Phi) is 5.29. The number of benzene rings is 2. The summed E-state index contributed by atoms with van der Waals surface area (Å²) < 4.78 is 5.73. The highest BCUT2D eigenvalue weighted by Gasteiger charge is 2.09. The predicted octanol–water partition coefficient (Wildman–Crippen LogP) is 3.98. The molecular weight excluding hydrogens is 352 g/mol. The van der Waals surface area contributed by atoms with Crippen LogP contribution >= 0.6 is 0 Å². The predicted molar refractivity (Wildman–Crippen MR) is 106 cm³/mol. The van der Waals surface area contributed by atoms with Crippen LogP contribution in [0.25, 0.3) is 22.6 Å². The third-order valence-corrected chi connectivity index (χ3v) is 4.43. The lowest BCUT2D eigenvalue weighted by molar-refractivity contribution is -0.121. The van der Waals surface area contributed by atoms with E-state index in [2.05, 4.69) is 20.5 Å². The van der Waals surface area contributed by atoms with Crippen LogP contribution in [0.2, 0.25) is 0 Å². The van der Waals surface area contributed by atoms with Gasteiger partial charge in [0.1, 0.15) is 0 Å². The summed E-state index contributed by atoms with van der Waals surface area (Å²) >= 11 is 0. The van der Waals surface area contributed by atoms with Gasteiger partial charge in [0.05, 0.1) is 11.9 Å². The van der Waals surface area contributed by atoms with Crippen LogP contribution < -0.4 is 5.32 Å². The summed E-state index contributed by atoms with van der Waals surface area (Å²) in [5.41, 5.74) is 4.05. The van der Waals surface area contributed by atoms with E-state index < -0.39 is 0 Å². The van der Waals surface area contributed by atoms with E-state index in [1.54, 1.807) is 12.4 Å². The van der Waals surface area contributed by atoms with Gasteiger partial charge in [-0.05, 0) is 17.2 Å². The molecule has 0 fully saturated rings. The second-order valence-electron chi connectivity index (χ2n) is 6.43. The van der Waals surface area contributed by atoms with Crippen molar-refractivity contribution in [3.63, 3.8) is 0 Å². The molecule has 4 rings (SSSR count). The Balaban J connectivity index is 1.25. The van der Waals surface area contributed by atoms with Gasteiger partial charge in [-0.3, -0.25) is 9.89 Å². The minimum absolute atomic E-state index is 0.0305. The Morgan fingerprint density at radius 3 is 2.57 bits per heavy atom. The summed E-state index contributed by atoms with van der Waals surface area (Å²) in [5, 5.41) is 9.82. The summed E-state index contributed by atoms with van der Waals surface area (Å²) in [7, 11) is 0. The Morgan fingerprint density at radius 2 is 1.82 bits per heavy atom. The average molecular weight is 372 g/mol. The molecule has 1 amide bonds. The minimum atomic E-state index is -0.0305. The first-order valence-electron chi connectivity index (χ1n) is 9.13. The van der Waals surface area contributed by atoms with Crippen molar-refractivity contribution in [2.75, 3.05) is 0 Å². The molecule has 6 nitrogen and oxygen atoms in total. The molecule has 0 radical (unpaired) electrons. The van der Waals surface area contributed by atoms with Crippen molar-refractivity contribution in [3.8, 4) is 22.6 Å². The van der Waals surface area contributed by atoms with Crippen LogP contribution in [0.5, 0.6) is 0 Å². The van der Waals surface area contributed by atoms with E-state index in [4.69, 9.17) is 4.42 Å². The molecule has 6 heteroatoms. The Bertz CT molecular complexity index is 1020. The molecule has 28 heavy (non-hydrogen) atoms. The standard InChI is InChI=1S/C22H20N4O2/c27-21(10-11-22-24-15-20(28-22)18-4-2-1-3-5-18)23-14-16-6-8-17(9-7-16)19-12-13-25-26-19/h1-9,12-13,15H,10-11,14H2,(H,23,27)(H,25,26). The van der Waals surface area contributed by atoms with E-state index in [0.29, 0.717) is 31.0 Å². The third kappa shape index (κ3) is 4.35. The van der Waals surface area contributed by atoms with Crippen LogP contribution in [-0.4, -0.2) is 21.1 Å². The maximum Gasteiger partial charge on any atom is 0.220 e. The highest BCUT2D eigenvalue weighted by Crippen LogP contribution is 2.20. The molecular formula is C22H20N4O2.